The third-order valence-electron chi connectivity index (χ3n) is 6.93. The molecule has 0 radical (unpaired) electrons. The maximum absolute atomic E-state index is 13.4. The molecule has 3 aliphatic rings. The molecule has 1 saturated heterocycles. The van der Waals surface area contributed by atoms with Gasteiger partial charge in [0.05, 0.1) is 0 Å². The zero-order chi connectivity index (χ0) is 23.0. The fraction of sp³-hybridized carbons (Fsp3) is 0.636. The maximum atomic E-state index is 13.4. The fourth-order valence-electron chi connectivity index (χ4n) is 4.87. The van der Waals surface area contributed by atoms with Crippen LogP contribution < -0.4 is 15.5 Å². The third kappa shape index (κ3) is 4.68. The van der Waals surface area contributed by atoms with E-state index in [9.17, 15) is 18.0 Å². The monoisotopic (exact) mass is 463 g/mol. The zero-order valence-corrected chi connectivity index (χ0v) is 18.4. The van der Waals surface area contributed by atoms with Crippen molar-refractivity contribution < 1.29 is 18.0 Å². The predicted molar refractivity (Wildman–Crippen MR) is 116 cm³/mol. The van der Waals surface area contributed by atoms with Gasteiger partial charge in [-0.3, -0.25) is 4.79 Å². The van der Waals surface area contributed by atoms with Crippen LogP contribution in [0, 0.1) is 0 Å². The number of carbonyl (C=O) groups excluding carboxylic acids is 1. The molecule has 0 aromatic carbocycles. The average molecular weight is 464 g/mol. The van der Waals surface area contributed by atoms with E-state index in [0.29, 0.717) is 69.5 Å². The molecule has 1 amide bonds. The number of carbonyl (C=O) groups is 1. The van der Waals surface area contributed by atoms with Crippen molar-refractivity contribution in [2.45, 2.75) is 69.6 Å². The van der Waals surface area contributed by atoms with Crippen LogP contribution in [0.15, 0.2) is 12.5 Å². The van der Waals surface area contributed by atoms with E-state index < -0.39 is 11.9 Å². The lowest BCUT2D eigenvalue weighted by Crippen LogP contribution is -2.38. The Morgan fingerprint density at radius 2 is 1.91 bits per heavy atom. The molecule has 2 aromatic heterocycles. The Hall–Kier alpha value is -2.69. The highest BCUT2D eigenvalue weighted by molar-refractivity contribution is 5.93. The molecule has 11 heteroatoms. The van der Waals surface area contributed by atoms with Crippen molar-refractivity contribution in [3.63, 3.8) is 0 Å². The minimum atomic E-state index is -4.45. The molecule has 0 unspecified atom stereocenters. The molecule has 2 fully saturated rings. The summed E-state index contributed by atoms with van der Waals surface area (Å²) in [6.07, 6.45) is 4.01. The summed E-state index contributed by atoms with van der Waals surface area (Å²) in [5, 5.41) is 6.22. The molecule has 8 nitrogen and oxygen atoms in total. The Labute approximate surface area is 190 Å². The highest BCUT2D eigenvalue weighted by Crippen LogP contribution is 2.36. The molecule has 178 valence electrons. The Kier molecular flexibility index (Phi) is 5.98. The molecule has 0 spiro atoms. The quantitative estimate of drug-likeness (QED) is 0.685. The second-order valence-corrected chi connectivity index (χ2v) is 9.09. The summed E-state index contributed by atoms with van der Waals surface area (Å²) < 4.78 is 41.9. The van der Waals surface area contributed by atoms with E-state index in [0.717, 1.165) is 30.4 Å². The molecule has 2 aliphatic heterocycles. The minimum absolute atomic E-state index is 0.0431. The lowest BCUT2D eigenvalue weighted by Gasteiger charge is -2.34. The van der Waals surface area contributed by atoms with Crippen molar-refractivity contribution in [3.05, 3.63) is 29.6 Å². The van der Waals surface area contributed by atoms with Crippen LogP contribution in [0.1, 0.15) is 61.5 Å². The zero-order valence-electron chi connectivity index (χ0n) is 18.4. The van der Waals surface area contributed by atoms with Crippen LogP contribution >= 0.6 is 0 Å². The van der Waals surface area contributed by atoms with Gasteiger partial charge < -0.3 is 20.1 Å². The molecular formula is C22H28F3N7O. The van der Waals surface area contributed by atoms with Gasteiger partial charge in [0, 0.05) is 56.3 Å². The summed E-state index contributed by atoms with van der Waals surface area (Å²) in [7, 11) is 0. The normalized spacial score (nSPS) is 19.8. The molecule has 2 N–H and O–H groups in total. The van der Waals surface area contributed by atoms with Gasteiger partial charge in [-0.05, 0) is 32.1 Å². The van der Waals surface area contributed by atoms with Crippen LogP contribution in [0.3, 0.4) is 0 Å². The molecule has 0 atom stereocenters. The van der Waals surface area contributed by atoms with Crippen LogP contribution in [-0.4, -0.2) is 51.1 Å². The first-order valence-electron chi connectivity index (χ1n) is 11.6. The number of nitrogens with one attached hydrogen (secondary N) is 2. The van der Waals surface area contributed by atoms with Crippen LogP contribution in [-0.2, 0) is 23.9 Å². The molecule has 0 bridgehead atoms. The molecule has 33 heavy (non-hydrogen) atoms. The van der Waals surface area contributed by atoms with E-state index in [4.69, 9.17) is 0 Å². The number of fused-ring (bicyclic) bond motifs is 1. The van der Waals surface area contributed by atoms with Crippen LogP contribution in [0.4, 0.5) is 24.8 Å². The number of piperidine rings is 1. The van der Waals surface area contributed by atoms with E-state index in [1.54, 1.807) is 4.57 Å². The molecule has 1 aliphatic carbocycles. The highest BCUT2D eigenvalue weighted by atomic mass is 19.4. The van der Waals surface area contributed by atoms with Crippen LogP contribution in [0.2, 0.25) is 0 Å². The average Bonchev–Trinajstić information content (AvgIpc) is 3.20. The standard InChI is InChI=1S/C22H28F3N7O/c23-22(24,25)17-12-32(11-8-26-15-2-1-3-15)20(29-17)14-6-9-31(10-7-14)21-16-4-5-18(33)30-19(16)27-13-28-21/h12-15,26H,1-11H2,(H,27,28,30,33). The number of rotatable bonds is 6. The van der Waals surface area contributed by atoms with Crippen molar-refractivity contribution in [1.82, 2.24) is 24.8 Å². The Bertz CT molecular complexity index is 1010. The van der Waals surface area contributed by atoms with Gasteiger partial charge in [0.1, 0.15) is 23.8 Å². The number of imidazole rings is 1. The number of amides is 1. The number of halogens is 3. The van der Waals surface area contributed by atoms with E-state index >= 15 is 0 Å². The molecule has 4 heterocycles. The Balaban J connectivity index is 1.29. The number of hydrogen-bond donors (Lipinski definition) is 2. The summed E-state index contributed by atoms with van der Waals surface area (Å²) >= 11 is 0. The first kappa shape index (κ1) is 22.1. The molecular weight excluding hydrogens is 435 g/mol. The van der Waals surface area contributed by atoms with E-state index in [1.165, 1.54) is 12.7 Å². The fourth-order valence-corrected chi connectivity index (χ4v) is 4.87. The molecule has 5 rings (SSSR count). The Morgan fingerprint density at radius 1 is 1.12 bits per heavy atom. The topological polar surface area (TPSA) is 88.0 Å². The van der Waals surface area contributed by atoms with Crippen molar-refractivity contribution in [1.29, 1.82) is 0 Å². The van der Waals surface area contributed by atoms with Gasteiger partial charge in [-0.2, -0.15) is 13.2 Å². The van der Waals surface area contributed by atoms with Gasteiger partial charge in [-0.1, -0.05) is 6.42 Å². The first-order valence-corrected chi connectivity index (χ1v) is 11.6. The smallest absolute Gasteiger partial charge is 0.356 e. The van der Waals surface area contributed by atoms with Crippen LogP contribution in [0.25, 0.3) is 0 Å². The first-order chi connectivity index (χ1) is 15.9. The maximum Gasteiger partial charge on any atom is 0.434 e. The van der Waals surface area contributed by atoms with E-state index in [-0.39, 0.29) is 11.8 Å². The summed E-state index contributed by atoms with van der Waals surface area (Å²) in [6.45, 7) is 2.45. The van der Waals surface area contributed by atoms with Gasteiger partial charge >= 0.3 is 6.18 Å². The number of hydrogen-bond acceptors (Lipinski definition) is 6. The molecule has 1 saturated carbocycles. The summed E-state index contributed by atoms with van der Waals surface area (Å²) in [6, 6.07) is 0.492. The van der Waals surface area contributed by atoms with Crippen molar-refractivity contribution >= 4 is 17.5 Å². The van der Waals surface area contributed by atoms with Crippen molar-refractivity contribution in [3.8, 4) is 0 Å². The second-order valence-electron chi connectivity index (χ2n) is 9.09. The lowest BCUT2D eigenvalue weighted by molar-refractivity contribution is -0.141. The van der Waals surface area contributed by atoms with Crippen molar-refractivity contribution in [2.24, 2.45) is 0 Å². The largest absolute Gasteiger partial charge is 0.434 e. The number of anilines is 2. The lowest BCUT2D eigenvalue weighted by atomic mass is 9.93. The van der Waals surface area contributed by atoms with Crippen molar-refractivity contribution in [2.75, 3.05) is 29.9 Å². The van der Waals surface area contributed by atoms with Crippen LogP contribution in [0.5, 0.6) is 0 Å². The van der Waals surface area contributed by atoms with Gasteiger partial charge in [-0.25, -0.2) is 15.0 Å². The van der Waals surface area contributed by atoms with Gasteiger partial charge in [0.25, 0.3) is 0 Å². The predicted octanol–water partition coefficient (Wildman–Crippen LogP) is 3.10. The number of aromatic nitrogens is 4. The third-order valence-corrected chi connectivity index (χ3v) is 6.93. The minimum Gasteiger partial charge on any atom is -0.356 e. The van der Waals surface area contributed by atoms with E-state index in [2.05, 4.69) is 30.5 Å². The highest BCUT2D eigenvalue weighted by Gasteiger charge is 2.37. The van der Waals surface area contributed by atoms with Gasteiger partial charge in [0.15, 0.2) is 5.69 Å². The SMILES string of the molecule is O=C1CCc2c(ncnc2N2CCC(c3nc(C(F)(F)F)cn3CCNC3CCC3)CC2)N1. The summed E-state index contributed by atoms with van der Waals surface area (Å²) in [4.78, 5) is 26.5. The Morgan fingerprint density at radius 3 is 2.61 bits per heavy atom. The van der Waals surface area contributed by atoms with E-state index in [1.807, 2.05) is 0 Å². The second kappa shape index (κ2) is 8.92. The number of alkyl halides is 3. The summed E-state index contributed by atoms with van der Waals surface area (Å²) in [5.41, 5.74) is 0.114. The molecule has 2 aromatic rings. The van der Waals surface area contributed by atoms with Gasteiger partial charge in [0.2, 0.25) is 5.91 Å². The van der Waals surface area contributed by atoms with Gasteiger partial charge in [-0.15, -0.1) is 0 Å². The number of nitrogens with zero attached hydrogens (tertiary/aromatic N) is 5. The summed E-state index contributed by atoms with van der Waals surface area (Å²) in [5.74, 6) is 1.79.